The molecule has 0 amide bonds. The fourth-order valence-electron chi connectivity index (χ4n) is 6.62. The Hall–Kier alpha value is -2.95. The maximum atomic E-state index is 11.3. The molecule has 0 aliphatic heterocycles. The lowest BCUT2D eigenvalue weighted by atomic mass is 9.79. The van der Waals surface area contributed by atoms with Crippen LogP contribution in [0.1, 0.15) is 148 Å². The van der Waals surface area contributed by atoms with E-state index in [0.29, 0.717) is 32.1 Å². The first-order chi connectivity index (χ1) is 21.3. The number of aryl methyl sites for hydroxylation is 1. The van der Waals surface area contributed by atoms with Crippen molar-refractivity contribution in [2.75, 3.05) is 21.3 Å². The number of carboxylic acid groups (broad SMARTS) is 2. The molecule has 10 heteroatoms. The minimum Gasteiger partial charge on any atom is -0.481 e. The van der Waals surface area contributed by atoms with Gasteiger partial charge in [-0.05, 0) is 71.3 Å². The van der Waals surface area contributed by atoms with Gasteiger partial charge in [0.05, 0.1) is 29.1 Å². The van der Waals surface area contributed by atoms with E-state index < -0.39 is 35.0 Å². The molecule has 0 bridgehead atoms. The molecule has 51 heavy (non-hydrogen) atoms. The molecule has 5 unspecified atom stereocenters. The molecule has 2 aliphatic carbocycles. The maximum absolute atomic E-state index is 11.3. The maximum Gasteiger partial charge on any atom is 0.309 e. The van der Waals surface area contributed by atoms with E-state index in [0.717, 1.165) is 38.5 Å². The molecule has 3 rings (SSSR count). The summed E-state index contributed by atoms with van der Waals surface area (Å²) in [7, 11) is 4.67. The lowest BCUT2D eigenvalue weighted by Crippen LogP contribution is -2.45. The average Bonchev–Trinajstić information content (AvgIpc) is 3.29. The molecule has 2 aliphatic rings. The quantitative estimate of drug-likeness (QED) is 0.177. The van der Waals surface area contributed by atoms with Gasteiger partial charge >= 0.3 is 11.9 Å². The van der Waals surface area contributed by atoms with Gasteiger partial charge in [-0.3, -0.25) is 24.0 Å². The van der Waals surface area contributed by atoms with Crippen LogP contribution in [0.2, 0.25) is 0 Å². The monoisotopic (exact) mass is 731 g/mol. The second-order valence-corrected chi connectivity index (χ2v) is 12.4. The first-order valence-electron chi connectivity index (χ1n) is 15.9. The number of carbonyl (C=O) groups excluding carboxylic acids is 3. The number of carbonyl (C=O) groups is 5. The molecule has 1 aromatic carbocycles. The fourth-order valence-corrected chi connectivity index (χ4v) is 6.62. The Bertz CT molecular complexity index is 1090. The van der Waals surface area contributed by atoms with Crippen molar-refractivity contribution in [1.29, 1.82) is 0 Å². The minimum atomic E-state index is -0.856. The van der Waals surface area contributed by atoms with Gasteiger partial charge in [-0.15, -0.1) is 0 Å². The zero-order chi connectivity index (χ0) is 34.0. The van der Waals surface area contributed by atoms with Crippen LogP contribution in [-0.4, -0.2) is 78.1 Å². The normalized spacial score (nSPS) is 22.0. The van der Waals surface area contributed by atoms with Gasteiger partial charge in [-0.25, -0.2) is 0 Å². The number of benzene rings is 1. The number of methoxy groups -OCH3 is 3. The first-order valence-corrected chi connectivity index (χ1v) is 15.9. The third-order valence-corrected chi connectivity index (χ3v) is 8.91. The van der Waals surface area contributed by atoms with E-state index in [9.17, 15) is 29.1 Å². The van der Waals surface area contributed by atoms with Crippen LogP contribution in [0.4, 0.5) is 0 Å². The summed E-state index contributed by atoms with van der Waals surface area (Å²) in [6, 6.07) is 10.3. The largest absolute Gasteiger partial charge is 0.481 e. The van der Waals surface area contributed by atoms with Gasteiger partial charge in [0.2, 0.25) is 0 Å². The summed E-state index contributed by atoms with van der Waals surface area (Å²) in [6.07, 6.45) is 9.09. The standard InChI is InChI=1S/C13H18O2.C12H20O4.C10H16O4.6CH4/c1-11(14)10-13(15-2)9-8-12-6-4-3-5-7-12;1-9(13)8-12(16-2)7-5-3-4-6-10(12)11(14)15;1-7(11)6-10(14-2)5-3-4-8(10)9(12)13;;;;;;/h3-7,13H,8-10H2,1-2H3;10H,3-8H2,1-2H3,(H,14,15);8H,3-6H2,1-2H3,(H,12,13);6*1H4. The molecule has 0 aromatic heterocycles. The number of hydrogen-bond donors (Lipinski definition) is 2. The molecule has 0 saturated heterocycles. The highest BCUT2D eigenvalue weighted by atomic mass is 16.5. The molecular weight excluding hydrogens is 652 g/mol. The fraction of sp³-hybridized carbons (Fsp3) is 0.732. The second kappa shape index (κ2) is 30.7. The van der Waals surface area contributed by atoms with Crippen molar-refractivity contribution in [2.45, 2.75) is 166 Å². The van der Waals surface area contributed by atoms with Crippen LogP contribution in [0.5, 0.6) is 0 Å². The summed E-state index contributed by atoms with van der Waals surface area (Å²) >= 11 is 0. The highest BCUT2D eigenvalue weighted by Gasteiger charge is 2.48. The van der Waals surface area contributed by atoms with Crippen LogP contribution in [0, 0.1) is 11.8 Å². The van der Waals surface area contributed by atoms with Crippen molar-refractivity contribution < 1.29 is 48.4 Å². The van der Waals surface area contributed by atoms with Crippen LogP contribution in [-0.2, 0) is 44.6 Å². The van der Waals surface area contributed by atoms with E-state index in [1.165, 1.54) is 33.6 Å². The number of ketones is 3. The molecule has 5 atom stereocenters. The molecule has 1 aromatic rings. The van der Waals surface area contributed by atoms with E-state index in [1.54, 1.807) is 14.0 Å². The molecule has 0 radical (unpaired) electrons. The summed E-state index contributed by atoms with van der Waals surface area (Å²) in [5.74, 6) is -2.61. The van der Waals surface area contributed by atoms with Gasteiger partial charge in [-0.1, -0.05) is 94.2 Å². The molecule has 2 N–H and O–H groups in total. The number of hydrogen-bond acceptors (Lipinski definition) is 8. The Morgan fingerprint density at radius 3 is 1.47 bits per heavy atom. The van der Waals surface area contributed by atoms with Gasteiger partial charge in [0.15, 0.2) is 0 Å². The van der Waals surface area contributed by atoms with Crippen molar-refractivity contribution in [3.63, 3.8) is 0 Å². The Morgan fingerprint density at radius 2 is 1.10 bits per heavy atom. The lowest BCUT2D eigenvalue weighted by Gasteiger charge is -2.35. The first kappa shape index (κ1) is 60.2. The molecule has 10 nitrogen and oxygen atoms in total. The average molecular weight is 731 g/mol. The van der Waals surface area contributed by atoms with Crippen LogP contribution < -0.4 is 0 Å². The summed E-state index contributed by atoms with van der Waals surface area (Å²) in [5, 5.41) is 18.3. The molecule has 2 saturated carbocycles. The van der Waals surface area contributed by atoms with E-state index >= 15 is 0 Å². The molecule has 302 valence electrons. The zero-order valence-corrected chi connectivity index (χ0v) is 28.0. The van der Waals surface area contributed by atoms with Gasteiger partial charge in [0.1, 0.15) is 17.3 Å². The van der Waals surface area contributed by atoms with Gasteiger partial charge in [0.25, 0.3) is 0 Å². The van der Waals surface area contributed by atoms with Crippen molar-refractivity contribution in [2.24, 2.45) is 11.8 Å². The topological polar surface area (TPSA) is 154 Å². The molecule has 2 fully saturated rings. The molecule has 0 spiro atoms. The summed E-state index contributed by atoms with van der Waals surface area (Å²) in [5.41, 5.74) is -0.241. The van der Waals surface area contributed by atoms with E-state index in [-0.39, 0.29) is 80.9 Å². The summed E-state index contributed by atoms with van der Waals surface area (Å²) < 4.78 is 16.0. The number of ether oxygens (including phenoxy) is 3. The van der Waals surface area contributed by atoms with Crippen molar-refractivity contribution >= 4 is 29.3 Å². The van der Waals surface area contributed by atoms with Gasteiger partial charge in [0, 0.05) is 40.6 Å². The predicted octanol–water partition coefficient (Wildman–Crippen LogP) is 9.68. The Balaban J connectivity index is -0.000000141. The van der Waals surface area contributed by atoms with Gasteiger partial charge < -0.3 is 24.4 Å². The van der Waals surface area contributed by atoms with E-state index in [4.69, 9.17) is 19.3 Å². The molecular formula is C41H78O10. The predicted molar refractivity (Wildman–Crippen MR) is 211 cm³/mol. The van der Waals surface area contributed by atoms with Crippen molar-refractivity contribution in [3.05, 3.63) is 35.9 Å². The zero-order valence-electron chi connectivity index (χ0n) is 28.0. The number of carboxylic acids is 2. The third-order valence-electron chi connectivity index (χ3n) is 8.91. The lowest BCUT2D eigenvalue weighted by molar-refractivity contribution is -0.158. The van der Waals surface area contributed by atoms with E-state index in [1.807, 2.05) is 18.2 Å². The van der Waals surface area contributed by atoms with Crippen LogP contribution in [0.15, 0.2) is 30.3 Å². The minimum absolute atomic E-state index is 0. The number of Topliss-reactive ketones (excluding diaryl/α,β-unsaturated/α-hetero) is 3. The van der Waals surface area contributed by atoms with Crippen LogP contribution in [0.25, 0.3) is 0 Å². The Morgan fingerprint density at radius 1 is 0.667 bits per heavy atom. The van der Waals surface area contributed by atoms with E-state index in [2.05, 4.69) is 12.1 Å². The van der Waals surface area contributed by atoms with Crippen LogP contribution >= 0.6 is 0 Å². The third kappa shape index (κ3) is 20.6. The summed E-state index contributed by atoms with van der Waals surface area (Å²) in [4.78, 5) is 55.5. The van der Waals surface area contributed by atoms with Crippen molar-refractivity contribution in [1.82, 2.24) is 0 Å². The smallest absolute Gasteiger partial charge is 0.309 e. The number of rotatable bonds is 14. The van der Waals surface area contributed by atoms with Gasteiger partial charge in [-0.2, -0.15) is 0 Å². The Kier molecular flexibility index (Phi) is 36.2. The number of aliphatic carboxylic acids is 2. The summed E-state index contributed by atoms with van der Waals surface area (Å²) in [6.45, 7) is 4.57. The Labute approximate surface area is 312 Å². The van der Waals surface area contributed by atoms with Crippen molar-refractivity contribution in [3.8, 4) is 0 Å². The highest BCUT2D eigenvalue weighted by molar-refractivity contribution is 5.80. The van der Waals surface area contributed by atoms with Crippen LogP contribution in [0.3, 0.4) is 0 Å². The molecule has 0 heterocycles. The highest BCUT2D eigenvalue weighted by Crippen LogP contribution is 2.41. The second-order valence-electron chi connectivity index (χ2n) is 12.4. The SMILES string of the molecule is C.C.C.C.C.C.COC(CCc1ccccc1)CC(C)=O.COC1(CC(C)=O)CCCC1C(=O)O.COC1(CC(C)=O)CCCCCC1C(=O)O.